The van der Waals surface area contributed by atoms with Gasteiger partial charge in [0.15, 0.2) is 35.5 Å². The van der Waals surface area contributed by atoms with Crippen LogP contribution in [-0.2, 0) is 14.3 Å². The smallest absolute Gasteiger partial charge is 0.316 e. The van der Waals surface area contributed by atoms with Crippen LogP contribution in [0.1, 0.15) is 57.3 Å². The van der Waals surface area contributed by atoms with Gasteiger partial charge >= 0.3 is 5.97 Å². The summed E-state index contributed by atoms with van der Waals surface area (Å²) in [7, 11) is 2.97. The van der Waals surface area contributed by atoms with Crippen molar-refractivity contribution in [3.8, 4) is 22.8 Å². The van der Waals surface area contributed by atoms with Crippen molar-refractivity contribution < 1.29 is 28.3 Å². The maximum absolute atomic E-state index is 12.3. The molecule has 2 aliphatic heterocycles. The van der Waals surface area contributed by atoms with Crippen LogP contribution < -0.4 is 25.0 Å². The Morgan fingerprint density at radius 2 is 1.71 bits per heavy atom. The van der Waals surface area contributed by atoms with Gasteiger partial charge in [0.2, 0.25) is 5.95 Å². The fourth-order valence-electron chi connectivity index (χ4n) is 6.95. The first-order valence-electron chi connectivity index (χ1n) is 17.6. The number of piperidine rings is 2. The van der Waals surface area contributed by atoms with E-state index in [1.807, 2.05) is 54.9 Å². The van der Waals surface area contributed by atoms with E-state index in [1.54, 1.807) is 19.5 Å². The average molecular weight is 713 g/mol. The second-order valence-electron chi connectivity index (χ2n) is 13.4. The van der Waals surface area contributed by atoms with Crippen LogP contribution in [0.25, 0.3) is 22.3 Å². The number of carbonyl (C=O) groups excluding carboxylic acids is 1. The van der Waals surface area contributed by atoms with Crippen molar-refractivity contribution >= 4 is 34.6 Å². The molecule has 2 aliphatic rings. The number of anilines is 3. The number of nitrogens with two attached hydrogens (primary N) is 1. The minimum Gasteiger partial charge on any atom is -0.487 e. The van der Waals surface area contributed by atoms with Crippen molar-refractivity contribution in [1.29, 1.82) is 0 Å². The normalized spacial score (nSPS) is 16.4. The van der Waals surface area contributed by atoms with E-state index in [9.17, 15) is 4.79 Å². The number of nitrogen functional groups attached to an aromatic ring is 1. The first-order valence-corrected chi connectivity index (χ1v) is 17.6. The van der Waals surface area contributed by atoms with E-state index < -0.39 is 5.92 Å². The average Bonchev–Trinajstić information content (AvgIpc) is 3.79. The zero-order chi connectivity index (χ0) is 36.2. The van der Waals surface area contributed by atoms with E-state index in [2.05, 4.69) is 40.2 Å². The molecule has 4 aromatic heterocycles. The summed E-state index contributed by atoms with van der Waals surface area (Å²) < 4.78 is 29.6. The Kier molecular flexibility index (Phi) is 10.3. The largest absolute Gasteiger partial charge is 0.487 e. The van der Waals surface area contributed by atoms with Crippen LogP contribution in [0.2, 0.25) is 0 Å². The highest BCUT2D eigenvalue weighted by Gasteiger charge is 2.31. The molecule has 7 rings (SSSR count). The van der Waals surface area contributed by atoms with Gasteiger partial charge in [-0.3, -0.25) is 9.48 Å². The van der Waals surface area contributed by atoms with E-state index in [-0.39, 0.29) is 30.8 Å². The first kappa shape index (κ1) is 34.9. The minimum atomic E-state index is -0.488. The number of ether oxygens (including phenoxy) is 4. The highest BCUT2D eigenvalue weighted by molar-refractivity contribution is 5.87. The molecule has 274 valence electrons. The van der Waals surface area contributed by atoms with Crippen LogP contribution in [0.5, 0.6) is 11.5 Å². The molecule has 0 amide bonds. The molecule has 2 saturated heterocycles. The summed E-state index contributed by atoms with van der Waals surface area (Å²) in [6, 6.07) is 11.6. The highest BCUT2D eigenvalue weighted by Crippen LogP contribution is 2.34. The van der Waals surface area contributed by atoms with E-state index in [0.29, 0.717) is 40.2 Å². The van der Waals surface area contributed by atoms with Crippen LogP contribution >= 0.6 is 0 Å². The molecule has 2 fully saturated rings. The van der Waals surface area contributed by atoms with E-state index in [0.717, 1.165) is 68.8 Å². The van der Waals surface area contributed by atoms with Crippen molar-refractivity contribution in [3.63, 3.8) is 0 Å². The molecule has 2 N–H and O–H groups in total. The Morgan fingerprint density at radius 1 is 0.981 bits per heavy atom. The predicted molar refractivity (Wildman–Crippen MR) is 192 cm³/mol. The lowest BCUT2D eigenvalue weighted by molar-refractivity contribution is -0.144. The fraction of sp³-hybridized carbons (Fsp3) is 0.472. The topological polar surface area (TPSA) is 182 Å². The van der Waals surface area contributed by atoms with E-state index in [1.165, 1.54) is 7.11 Å². The number of aromatic nitrogens is 7. The van der Waals surface area contributed by atoms with Gasteiger partial charge in [0.1, 0.15) is 17.8 Å². The van der Waals surface area contributed by atoms with Crippen LogP contribution in [0, 0.1) is 5.92 Å². The standard InChI is InChI=1S/C36H44N10O6/c1-22(2)32(35(47)49-4)30-18-31(43-52-30)44-15-11-24(12-16-44)51-25-19-38-36(39-20-25)45-13-9-23(10-14-45)46-28-17-27(40-41-33(28)34(37)42-46)26-7-5-6-8-29(26)50-21-48-3/h5-8,17-20,22-24,32H,9-16,21H2,1-4H3,(H2,37,42). The Bertz CT molecular complexity index is 1970. The molecule has 0 spiro atoms. The summed E-state index contributed by atoms with van der Waals surface area (Å²) in [5, 5.41) is 17.8. The zero-order valence-corrected chi connectivity index (χ0v) is 29.8. The highest BCUT2D eigenvalue weighted by atomic mass is 16.7. The molecule has 6 heterocycles. The second-order valence-corrected chi connectivity index (χ2v) is 13.4. The number of carbonyl (C=O) groups is 1. The van der Waals surface area contributed by atoms with Gasteiger partial charge in [0, 0.05) is 57.8 Å². The third-order valence-corrected chi connectivity index (χ3v) is 9.69. The number of rotatable bonds is 12. The SMILES string of the molecule is COCOc1ccccc1-c1cc2c(nn1)c(N)nn2C1CCN(c2ncc(OC3CCN(c4cc(C(C(=O)OC)C(C)C)on4)CC3)cn2)CC1. The summed E-state index contributed by atoms with van der Waals surface area (Å²) in [4.78, 5) is 25.9. The third-order valence-electron chi connectivity index (χ3n) is 9.69. The van der Waals surface area contributed by atoms with E-state index in [4.69, 9.17) is 29.2 Å². The van der Waals surface area contributed by atoms with Gasteiger partial charge < -0.3 is 39.0 Å². The lowest BCUT2D eigenvalue weighted by atomic mass is 9.93. The Labute approximate surface area is 301 Å². The Morgan fingerprint density at radius 3 is 2.42 bits per heavy atom. The molecule has 1 aromatic carbocycles. The number of fused-ring (bicyclic) bond motifs is 1. The van der Waals surface area contributed by atoms with Crippen molar-refractivity contribution in [2.45, 2.75) is 57.6 Å². The van der Waals surface area contributed by atoms with Crippen molar-refractivity contribution in [1.82, 2.24) is 35.1 Å². The molecule has 0 radical (unpaired) electrons. The van der Waals surface area contributed by atoms with Gasteiger partial charge in [-0.1, -0.05) is 31.1 Å². The summed E-state index contributed by atoms with van der Waals surface area (Å²) in [6.07, 6.45) is 6.79. The molecule has 0 saturated carbocycles. The van der Waals surface area contributed by atoms with Crippen LogP contribution in [0.15, 0.2) is 53.3 Å². The number of esters is 1. The number of hydrogen-bond acceptors (Lipinski definition) is 15. The van der Waals surface area contributed by atoms with Gasteiger partial charge in [-0.2, -0.15) is 5.10 Å². The van der Waals surface area contributed by atoms with Crippen LogP contribution in [0.3, 0.4) is 0 Å². The number of benzene rings is 1. The number of methoxy groups -OCH3 is 2. The molecule has 1 atom stereocenters. The second kappa shape index (κ2) is 15.4. The molecule has 0 bridgehead atoms. The van der Waals surface area contributed by atoms with Crippen molar-refractivity contribution in [2.75, 3.05) is 62.7 Å². The summed E-state index contributed by atoms with van der Waals surface area (Å²) in [6.45, 7) is 7.05. The lowest BCUT2D eigenvalue weighted by Gasteiger charge is -2.33. The number of hydrogen-bond donors (Lipinski definition) is 1. The molecule has 1 unspecified atom stereocenters. The van der Waals surface area contributed by atoms with Gasteiger partial charge in [-0.15, -0.1) is 10.2 Å². The lowest BCUT2D eigenvalue weighted by Crippen LogP contribution is -2.38. The van der Waals surface area contributed by atoms with Gasteiger partial charge in [-0.05, 0) is 37.0 Å². The molecule has 16 heteroatoms. The Balaban J connectivity index is 0.936. The molecular weight excluding hydrogens is 668 g/mol. The van der Waals surface area contributed by atoms with Crippen LogP contribution in [0.4, 0.5) is 17.6 Å². The summed E-state index contributed by atoms with van der Waals surface area (Å²) >= 11 is 0. The molecule has 0 aliphatic carbocycles. The van der Waals surface area contributed by atoms with Crippen molar-refractivity contribution in [3.05, 3.63) is 54.6 Å². The minimum absolute atomic E-state index is 0.0259. The number of para-hydroxylation sites is 1. The molecular formula is C36H44N10O6. The quantitative estimate of drug-likeness (QED) is 0.139. The Hall–Kier alpha value is -5.51. The number of nitrogens with zero attached hydrogens (tertiary/aromatic N) is 9. The fourth-order valence-corrected chi connectivity index (χ4v) is 6.95. The van der Waals surface area contributed by atoms with Gasteiger partial charge in [0.05, 0.1) is 36.8 Å². The van der Waals surface area contributed by atoms with Gasteiger partial charge in [0.25, 0.3) is 0 Å². The zero-order valence-electron chi connectivity index (χ0n) is 29.8. The molecule has 16 nitrogen and oxygen atoms in total. The summed E-state index contributed by atoms with van der Waals surface area (Å²) in [5.41, 5.74) is 9.18. The van der Waals surface area contributed by atoms with E-state index >= 15 is 0 Å². The van der Waals surface area contributed by atoms with Crippen molar-refractivity contribution in [2.24, 2.45) is 5.92 Å². The predicted octanol–water partition coefficient (Wildman–Crippen LogP) is 4.64. The third kappa shape index (κ3) is 7.28. The van der Waals surface area contributed by atoms with Crippen LogP contribution in [-0.4, -0.2) is 94.4 Å². The monoisotopic (exact) mass is 712 g/mol. The maximum atomic E-state index is 12.3. The molecule has 5 aromatic rings. The van der Waals surface area contributed by atoms with Gasteiger partial charge in [-0.25, -0.2) is 9.97 Å². The summed E-state index contributed by atoms with van der Waals surface area (Å²) in [5.74, 6) is 2.77. The molecule has 52 heavy (non-hydrogen) atoms. The maximum Gasteiger partial charge on any atom is 0.316 e. The first-order chi connectivity index (χ1) is 25.3.